The van der Waals surface area contributed by atoms with Crippen LogP contribution in [-0.4, -0.2) is 30.9 Å². The van der Waals surface area contributed by atoms with Gasteiger partial charge in [-0.05, 0) is 37.6 Å². The Morgan fingerprint density at radius 1 is 1.23 bits per heavy atom. The normalized spacial score (nSPS) is 12.0. The minimum Gasteiger partial charge on any atom is -0.325 e. The summed E-state index contributed by atoms with van der Waals surface area (Å²) in [6.45, 7) is 4.75. The topological polar surface area (TPSA) is 96.5 Å². The highest BCUT2D eigenvalue weighted by molar-refractivity contribution is 8.00. The van der Waals surface area contributed by atoms with Gasteiger partial charge in [0.1, 0.15) is 5.52 Å². The van der Waals surface area contributed by atoms with Crippen LogP contribution >= 0.6 is 11.8 Å². The second-order valence-corrected chi connectivity index (χ2v) is 8.19. The summed E-state index contributed by atoms with van der Waals surface area (Å²) >= 11 is 1.26. The average Bonchev–Trinajstić information content (AvgIpc) is 3.07. The first kappa shape index (κ1) is 19.9. The zero-order chi connectivity index (χ0) is 21.1. The van der Waals surface area contributed by atoms with E-state index in [2.05, 4.69) is 39.1 Å². The number of carbonyl (C=O) groups is 1. The number of para-hydroxylation sites is 1. The molecular weight excluding hydrogens is 396 g/mol. The molecular formula is C22H20N6OS. The third-order valence-electron chi connectivity index (χ3n) is 4.71. The molecule has 4 aromatic rings. The molecule has 1 N–H and O–H groups in total. The molecule has 0 saturated heterocycles. The van der Waals surface area contributed by atoms with Crippen LogP contribution in [0.2, 0.25) is 0 Å². The maximum Gasteiger partial charge on any atom is 0.237 e. The number of benzene rings is 2. The number of hydrogen-bond acceptors (Lipinski definition) is 6. The molecule has 8 heteroatoms. The van der Waals surface area contributed by atoms with Crippen LogP contribution in [0, 0.1) is 11.3 Å². The highest BCUT2D eigenvalue weighted by Gasteiger charge is 2.19. The zero-order valence-electron chi connectivity index (χ0n) is 16.7. The van der Waals surface area contributed by atoms with E-state index in [0.29, 0.717) is 16.4 Å². The number of aromatic nitrogens is 4. The Labute approximate surface area is 178 Å². The lowest BCUT2D eigenvalue weighted by molar-refractivity contribution is -0.115. The summed E-state index contributed by atoms with van der Waals surface area (Å²) in [7, 11) is 0. The predicted molar refractivity (Wildman–Crippen MR) is 118 cm³/mol. The lowest BCUT2D eigenvalue weighted by atomic mass is 10.2. The van der Waals surface area contributed by atoms with Crippen LogP contribution in [0.15, 0.2) is 53.7 Å². The number of fused-ring (bicyclic) bond motifs is 3. The van der Waals surface area contributed by atoms with Gasteiger partial charge >= 0.3 is 0 Å². The number of nitrogens with one attached hydrogen (secondary N) is 1. The Kier molecular flexibility index (Phi) is 5.63. The van der Waals surface area contributed by atoms with Crippen molar-refractivity contribution in [3.05, 3.63) is 54.1 Å². The number of carbonyl (C=O) groups excluding carboxylic acids is 1. The molecule has 4 rings (SSSR count). The van der Waals surface area contributed by atoms with E-state index in [1.165, 1.54) is 11.8 Å². The van der Waals surface area contributed by atoms with E-state index in [1.807, 2.05) is 18.2 Å². The summed E-state index contributed by atoms with van der Waals surface area (Å²) < 4.78 is 2.15. The average molecular weight is 417 g/mol. The summed E-state index contributed by atoms with van der Waals surface area (Å²) in [5, 5.41) is 21.6. The van der Waals surface area contributed by atoms with Gasteiger partial charge in [0.05, 0.1) is 22.4 Å². The lowest BCUT2D eigenvalue weighted by Crippen LogP contribution is -2.22. The summed E-state index contributed by atoms with van der Waals surface area (Å²) in [5.74, 6) is -0.187. The van der Waals surface area contributed by atoms with E-state index in [0.717, 1.165) is 35.0 Å². The number of thioether (sulfide) groups is 1. The zero-order valence-corrected chi connectivity index (χ0v) is 17.5. The summed E-state index contributed by atoms with van der Waals surface area (Å²) in [6.07, 6.45) is 0.973. The van der Waals surface area contributed by atoms with Gasteiger partial charge in [-0.3, -0.25) is 4.79 Å². The lowest BCUT2D eigenvalue weighted by Gasteiger charge is -2.11. The standard InChI is InChI=1S/C22H20N6OS/c1-3-11-28-18-10-5-4-9-17(18)19-20(28)25-22(27-26-19)30-14(2)21(29)24-16-8-6-7-15(12-16)13-23/h4-10,12,14H,3,11H2,1-2H3,(H,24,29). The van der Waals surface area contributed by atoms with Crippen LogP contribution in [0.5, 0.6) is 0 Å². The number of amides is 1. The van der Waals surface area contributed by atoms with Crippen molar-refractivity contribution in [2.45, 2.75) is 37.2 Å². The van der Waals surface area contributed by atoms with Crippen LogP contribution < -0.4 is 5.32 Å². The van der Waals surface area contributed by atoms with Gasteiger partial charge in [-0.2, -0.15) is 5.26 Å². The van der Waals surface area contributed by atoms with E-state index < -0.39 is 5.25 Å². The first-order valence-corrected chi connectivity index (χ1v) is 10.6. The summed E-state index contributed by atoms with van der Waals surface area (Å²) in [4.78, 5) is 17.3. The Hall–Kier alpha value is -3.44. The number of rotatable bonds is 6. The van der Waals surface area contributed by atoms with Gasteiger partial charge in [0.2, 0.25) is 11.1 Å². The van der Waals surface area contributed by atoms with Crippen LogP contribution in [0.1, 0.15) is 25.8 Å². The highest BCUT2D eigenvalue weighted by Crippen LogP contribution is 2.28. The van der Waals surface area contributed by atoms with Crippen molar-refractivity contribution in [1.82, 2.24) is 19.7 Å². The van der Waals surface area contributed by atoms with Crippen molar-refractivity contribution in [2.75, 3.05) is 5.32 Å². The molecule has 0 bridgehead atoms. The Morgan fingerprint density at radius 2 is 2.07 bits per heavy atom. The fraction of sp³-hybridized carbons (Fsp3) is 0.227. The second-order valence-electron chi connectivity index (χ2n) is 6.88. The number of hydrogen-bond donors (Lipinski definition) is 1. The van der Waals surface area contributed by atoms with Crippen molar-refractivity contribution < 1.29 is 4.79 Å². The smallest absolute Gasteiger partial charge is 0.237 e. The number of anilines is 1. The number of aryl methyl sites for hydroxylation is 1. The molecule has 0 aliphatic carbocycles. The molecule has 30 heavy (non-hydrogen) atoms. The molecule has 1 unspecified atom stereocenters. The first-order chi connectivity index (χ1) is 14.6. The molecule has 2 aromatic heterocycles. The highest BCUT2D eigenvalue weighted by atomic mass is 32.2. The molecule has 0 aliphatic heterocycles. The SMILES string of the molecule is CCCn1c2ccccc2c2nnc(SC(C)C(=O)Nc3cccc(C#N)c3)nc21. The quantitative estimate of drug-likeness (QED) is 0.469. The molecule has 150 valence electrons. The largest absolute Gasteiger partial charge is 0.325 e. The van der Waals surface area contributed by atoms with Gasteiger partial charge < -0.3 is 9.88 Å². The molecule has 2 heterocycles. The van der Waals surface area contributed by atoms with Crippen molar-refractivity contribution >= 4 is 45.4 Å². The van der Waals surface area contributed by atoms with Crippen LogP contribution in [0.4, 0.5) is 5.69 Å². The minimum absolute atomic E-state index is 0.187. The molecule has 0 radical (unpaired) electrons. The van der Waals surface area contributed by atoms with Crippen LogP contribution in [0.25, 0.3) is 22.1 Å². The van der Waals surface area contributed by atoms with E-state index in [4.69, 9.17) is 10.2 Å². The monoisotopic (exact) mass is 416 g/mol. The fourth-order valence-electron chi connectivity index (χ4n) is 3.31. The summed E-state index contributed by atoms with van der Waals surface area (Å²) in [6, 6.07) is 17.0. The molecule has 0 spiro atoms. The Bertz CT molecular complexity index is 1280. The van der Waals surface area contributed by atoms with Gasteiger partial charge in [0, 0.05) is 17.6 Å². The third-order valence-corrected chi connectivity index (χ3v) is 5.66. The molecule has 0 aliphatic rings. The first-order valence-electron chi connectivity index (χ1n) is 9.70. The molecule has 2 aromatic carbocycles. The Morgan fingerprint density at radius 3 is 2.87 bits per heavy atom. The Balaban J connectivity index is 1.58. The third kappa shape index (κ3) is 3.84. The van der Waals surface area contributed by atoms with Gasteiger partial charge in [-0.15, -0.1) is 10.2 Å². The van der Waals surface area contributed by atoms with E-state index in [9.17, 15) is 4.79 Å². The predicted octanol–water partition coefficient (Wildman–Crippen LogP) is 4.38. The summed E-state index contributed by atoms with van der Waals surface area (Å²) in [5.41, 5.74) is 3.72. The van der Waals surface area contributed by atoms with Crippen LogP contribution in [-0.2, 0) is 11.3 Å². The van der Waals surface area contributed by atoms with Gasteiger partial charge in [-0.1, -0.05) is 43.0 Å². The molecule has 7 nitrogen and oxygen atoms in total. The van der Waals surface area contributed by atoms with E-state index >= 15 is 0 Å². The fourth-order valence-corrected chi connectivity index (χ4v) is 4.02. The maximum absolute atomic E-state index is 12.6. The van der Waals surface area contributed by atoms with Gasteiger partial charge in [0.25, 0.3) is 0 Å². The van der Waals surface area contributed by atoms with E-state index in [-0.39, 0.29) is 5.91 Å². The number of nitrogens with zero attached hydrogens (tertiary/aromatic N) is 5. The maximum atomic E-state index is 12.6. The van der Waals surface area contributed by atoms with Crippen molar-refractivity contribution in [2.24, 2.45) is 0 Å². The van der Waals surface area contributed by atoms with Gasteiger partial charge in [0.15, 0.2) is 5.65 Å². The van der Waals surface area contributed by atoms with Gasteiger partial charge in [-0.25, -0.2) is 4.98 Å². The van der Waals surface area contributed by atoms with Crippen molar-refractivity contribution in [1.29, 1.82) is 5.26 Å². The van der Waals surface area contributed by atoms with Crippen LogP contribution in [0.3, 0.4) is 0 Å². The van der Waals surface area contributed by atoms with Crippen molar-refractivity contribution in [3.8, 4) is 6.07 Å². The molecule has 0 fully saturated rings. The molecule has 0 saturated carbocycles. The number of nitriles is 1. The van der Waals surface area contributed by atoms with Crippen molar-refractivity contribution in [3.63, 3.8) is 0 Å². The van der Waals surface area contributed by atoms with E-state index in [1.54, 1.807) is 31.2 Å². The second kappa shape index (κ2) is 8.51. The molecule has 1 amide bonds. The molecule has 1 atom stereocenters. The minimum atomic E-state index is -0.431.